The maximum Gasteiger partial charge on any atom is 0.224 e. The third kappa shape index (κ3) is 6.58. The monoisotopic (exact) mass is 396 g/mol. The van der Waals surface area contributed by atoms with Gasteiger partial charge in [-0.15, -0.1) is 0 Å². The van der Waals surface area contributed by atoms with Crippen LogP contribution in [-0.4, -0.2) is 39.3 Å². The van der Waals surface area contributed by atoms with Crippen LogP contribution >= 0.6 is 0 Å². The van der Waals surface area contributed by atoms with Gasteiger partial charge in [0.2, 0.25) is 5.91 Å². The average Bonchev–Trinajstić information content (AvgIpc) is 2.72. The van der Waals surface area contributed by atoms with Crippen LogP contribution in [0.25, 0.3) is 0 Å². The number of carbonyl (C=O) groups excluding carboxylic acids is 1. The number of benzene rings is 2. The summed E-state index contributed by atoms with van der Waals surface area (Å²) in [6.45, 7) is 5.87. The van der Waals surface area contributed by atoms with Crippen LogP contribution in [0.3, 0.4) is 0 Å². The molecule has 0 saturated carbocycles. The van der Waals surface area contributed by atoms with Gasteiger partial charge in [-0.2, -0.15) is 0 Å². The topological polar surface area (TPSA) is 59.6 Å². The van der Waals surface area contributed by atoms with Crippen molar-refractivity contribution in [3.63, 3.8) is 0 Å². The lowest BCUT2D eigenvalue weighted by molar-refractivity contribution is -0.121. The summed E-state index contributed by atoms with van der Waals surface area (Å²) in [5, 5.41) is 6.50. The molecular weight excluding hydrogens is 364 g/mol. The van der Waals surface area contributed by atoms with Crippen LogP contribution in [0.2, 0.25) is 0 Å². The van der Waals surface area contributed by atoms with Crippen LogP contribution in [0, 0.1) is 12.3 Å². The molecule has 0 aromatic heterocycles. The second-order valence-electron chi connectivity index (χ2n) is 8.06. The van der Waals surface area contributed by atoms with Gasteiger partial charge in [-0.1, -0.05) is 42.0 Å². The fraction of sp³-hybridized carbons (Fsp3) is 0.458. The molecule has 2 N–H and O–H groups in total. The smallest absolute Gasteiger partial charge is 0.224 e. The standard InChI is InChI=1S/C24H32N2O3/c1-19-5-3-7-21(13-19)16-29-22-8-4-6-20(14-22)15-23(27)26-17-24(18-28-2)9-11-25-12-10-24/h3-8,13-14,25H,9-12,15-18H2,1-2H3,(H,26,27). The number of hydrogen-bond acceptors (Lipinski definition) is 4. The summed E-state index contributed by atoms with van der Waals surface area (Å²) in [6.07, 6.45) is 2.38. The summed E-state index contributed by atoms with van der Waals surface area (Å²) in [6, 6.07) is 16.1. The fourth-order valence-electron chi connectivity index (χ4n) is 3.88. The van der Waals surface area contributed by atoms with Crippen molar-refractivity contribution in [2.75, 3.05) is 33.4 Å². The number of aryl methyl sites for hydroxylation is 1. The number of carbonyl (C=O) groups is 1. The molecule has 0 aliphatic carbocycles. The highest BCUT2D eigenvalue weighted by molar-refractivity contribution is 5.78. The van der Waals surface area contributed by atoms with Crippen LogP contribution in [-0.2, 0) is 22.6 Å². The molecule has 0 bridgehead atoms. The van der Waals surface area contributed by atoms with Gasteiger partial charge in [-0.25, -0.2) is 0 Å². The minimum absolute atomic E-state index is 0.0361. The van der Waals surface area contributed by atoms with Crippen molar-refractivity contribution in [2.45, 2.75) is 32.8 Å². The van der Waals surface area contributed by atoms with Crippen molar-refractivity contribution >= 4 is 5.91 Å². The van der Waals surface area contributed by atoms with E-state index in [2.05, 4.69) is 35.8 Å². The first-order valence-corrected chi connectivity index (χ1v) is 10.3. The molecule has 0 unspecified atom stereocenters. The third-order valence-electron chi connectivity index (χ3n) is 5.53. The van der Waals surface area contributed by atoms with E-state index in [-0.39, 0.29) is 11.3 Å². The van der Waals surface area contributed by atoms with Gasteiger partial charge in [0.15, 0.2) is 0 Å². The molecule has 1 aliphatic heterocycles. The lowest BCUT2D eigenvalue weighted by atomic mass is 9.79. The minimum Gasteiger partial charge on any atom is -0.489 e. The largest absolute Gasteiger partial charge is 0.489 e. The zero-order valence-electron chi connectivity index (χ0n) is 17.5. The Morgan fingerprint density at radius 2 is 1.86 bits per heavy atom. The summed E-state index contributed by atoms with van der Waals surface area (Å²) in [4.78, 5) is 12.5. The molecule has 1 heterocycles. The van der Waals surface area contributed by atoms with Crippen LogP contribution in [0.4, 0.5) is 0 Å². The van der Waals surface area contributed by atoms with Crippen LogP contribution in [0.15, 0.2) is 48.5 Å². The van der Waals surface area contributed by atoms with E-state index in [1.807, 2.05) is 30.3 Å². The van der Waals surface area contributed by atoms with Gasteiger partial charge in [-0.3, -0.25) is 4.79 Å². The molecule has 5 heteroatoms. The molecule has 29 heavy (non-hydrogen) atoms. The van der Waals surface area contributed by atoms with Crippen molar-refractivity contribution < 1.29 is 14.3 Å². The second-order valence-corrected chi connectivity index (χ2v) is 8.06. The van der Waals surface area contributed by atoms with Crippen molar-refractivity contribution in [1.82, 2.24) is 10.6 Å². The summed E-state index contributed by atoms with van der Waals surface area (Å²) >= 11 is 0. The predicted molar refractivity (Wildman–Crippen MR) is 115 cm³/mol. The molecule has 2 aromatic carbocycles. The quantitative estimate of drug-likeness (QED) is 0.683. The SMILES string of the molecule is COCC1(CNC(=O)Cc2cccc(OCc3cccc(C)c3)c2)CCNCC1. The first kappa shape index (κ1) is 21.3. The highest BCUT2D eigenvalue weighted by Crippen LogP contribution is 2.28. The lowest BCUT2D eigenvalue weighted by Gasteiger charge is -2.37. The molecule has 1 amide bonds. The lowest BCUT2D eigenvalue weighted by Crippen LogP contribution is -2.47. The van der Waals surface area contributed by atoms with Crippen molar-refractivity contribution in [2.24, 2.45) is 5.41 Å². The molecule has 0 atom stereocenters. The van der Waals surface area contributed by atoms with Crippen molar-refractivity contribution in [3.8, 4) is 5.75 Å². The number of methoxy groups -OCH3 is 1. The van der Waals surface area contributed by atoms with Crippen LogP contribution in [0.1, 0.15) is 29.5 Å². The van der Waals surface area contributed by atoms with E-state index >= 15 is 0 Å². The Labute approximate surface area is 173 Å². The van der Waals surface area contributed by atoms with Gasteiger partial charge in [0.25, 0.3) is 0 Å². The van der Waals surface area contributed by atoms with E-state index in [0.29, 0.717) is 26.2 Å². The Balaban J connectivity index is 1.51. The van der Waals surface area contributed by atoms with E-state index < -0.39 is 0 Å². The molecular formula is C24H32N2O3. The summed E-state index contributed by atoms with van der Waals surface area (Å²) in [5.41, 5.74) is 3.35. The van der Waals surface area contributed by atoms with Gasteiger partial charge in [0.05, 0.1) is 13.0 Å². The molecule has 1 aliphatic rings. The van der Waals surface area contributed by atoms with Crippen LogP contribution < -0.4 is 15.4 Å². The highest BCUT2D eigenvalue weighted by Gasteiger charge is 2.32. The third-order valence-corrected chi connectivity index (χ3v) is 5.53. The Bertz CT molecular complexity index is 795. The molecule has 2 aromatic rings. The van der Waals surface area contributed by atoms with E-state index in [1.54, 1.807) is 7.11 Å². The van der Waals surface area contributed by atoms with E-state index in [4.69, 9.17) is 9.47 Å². The Morgan fingerprint density at radius 3 is 2.62 bits per heavy atom. The Hall–Kier alpha value is -2.37. The first-order valence-electron chi connectivity index (χ1n) is 10.3. The summed E-state index contributed by atoms with van der Waals surface area (Å²) in [7, 11) is 1.73. The molecule has 5 nitrogen and oxygen atoms in total. The molecule has 1 saturated heterocycles. The molecule has 0 radical (unpaired) electrons. The molecule has 3 rings (SSSR count). The Morgan fingerprint density at radius 1 is 1.10 bits per heavy atom. The molecule has 1 fully saturated rings. The number of amides is 1. The van der Waals surface area contributed by atoms with E-state index in [1.165, 1.54) is 5.56 Å². The number of rotatable bonds is 9. The van der Waals surface area contributed by atoms with Gasteiger partial charge < -0.3 is 20.1 Å². The minimum atomic E-state index is 0.0361. The average molecular weight is 397 g/mol. The van der Waals surface area contributed by atoms with Gasteiger partial charge in [0, 0.05) is 19.1 Å². The van der Waals surface area contributed by atoms with E-state index in [0.717, 1.165) is 42.8 Å². The number of ether oxygens (including phenoxy) is 2. The first-order chi connectivity index (χ1) is 14.1. The van der Waals surface area contributed by atoms with Gasteiger partial charge in [0.1, 0.15) is 12.4 Å². The van der Waals surface area contributed by atoms with E-state index in [9.17, 15) is 4.79 Å². The zero-order chi connectivity index (χ0) is 20.5. The normalized spacial score (nSPS) is 15.7. The second kappa shape index (κ2) is 10.4. The maximum absolute atomic E-state index is 12.5. The van der Waals surface area contributed by atoms with Crippen LogP contribution in [0.5, 0.6) is 5.75 Å². The summed E-state index contributed by atoms with van der Waals surface area (Å²) in [5.74, 6) is 0.820. The highest BCUT2D eigenvalue weighted by atomic mass is 16.5. The predicted octanol–water partition coefficient (Wildman–Crippen LogP) is 3.25. The van der Waals surface area contributed by atoms with Crippen molar-refractivity contribution in [1.29, 1.82) is 0 Å². The number of hydrogen-bond donors (Lipinski definition) is 2. The fourth-order valence-corrected chi connectivity index (χ4v) is 3.88. The maximum atomic E-state index is 12.5. The van der Waals surface area contributed by atoms with Gasteiger partial charge >= 0.3 is 0 Å². The molecule has 0 spiro atoms. The number of nitrogens with one attached hydrogen (secondary N) is 2. The van der Waals surface area contributed by atoms with Gasteiger partial charge in [-0.05, 0) is 56.1 Å². The molecule has 156 valence electrons. The number of piperidine rings is 1. The zero-order valence-corrected chi connectivity index (χ0v) is 17.5. The Kier molecular flexibility index (Phi) is 7.67. The summed E-state index contributed by atoms with van der Waals surface area (Å²) < 4.78 is 11.3. The van der Waals surface area contributed by atoms with Crippen molar-refractivity contribution in [3.05, 3.63) is 65.2 Å².